The molecule has 0 aliphatic heterocycles. The highest BCUT2D eigenvalue weighted by molar-refractivity contribution is 6.19. The number of rotatable bonds is 0. The van der Waals surface area contributed by atoms with Crippen LogP contribution in [0.25, 0.3) is 32.8 Å². The van der Waals surface area contributed by atoms with Gasteiger partial charge in [-0.05, 0) is 5.21 Å². The summed E-state index contributed by atoms with van der Waals surface area (Å²) in [6.07, 6.45) is 4.77. The summed E-state index contributed by atoms with van der Waals surface area (Å²) in [6, 6.07) is 0. The van der Waals surface area contributed by atoms with Crippen molar-refractivity contribution in [3.8, 4) is 0 Å². The molecule has 0 saturated carbocycles. The number of aromatic amines is 1. The minimum absolute atomic E-state index is 0.645. The Morgan fingerprint density at radius 2 is 1.76 bits per heavy atom. The van der Waals surface area contributed by atoms with Crippen LogP contribution in [0.4, 0.5) is 0 Å². The van der Waals surface area contributed by atoms with Gasteiger partial charge in [0.1, 0.15) is 28.4 Å². The molecule has 0 fully saturated rings. The summed E-state index contributed by atoms with van der Waals surface area (Å²) in [6.45, 7) is 0. The highest BCUT2D eigenvalue weighted by atomic mass is 15.3. The molecule has 8 nitrogen and oxygen atoms in total. The first kappa shape index (κ1) is 8.39. The third kappa shape index (κ3) is 0.982. The lowest BCUT2D eigenvalue weighted by atomic mass is 10.1. The maximum Gasteiger partial charge on any atom is 0.127 e. The predicted octanol–water partition coefficient (Wildman–Crippen LogP) is 0.239. The molecular weight excluding hydrogens is 220 g/mol. The minimum atomic E-state index is 0.645. The van der Waals surface area contributed by atoms with E-state index in [1.807, 2.05) is 0 Å². The van der Waals surface area contributed by atoms with E-state index in [2.05, 4.69) is 40.8 Å². The smallest absolute Gasteiger partial charge is 0.127 e. The molecule has 80 valence electrons. The van der Waals surface area contributed by atoms with Crippen molar-refractivity contribution in [1.29, 1.82) is 0 Å². The van der Waals surface area contributed by atoms with Crippen molar-refractivity contribution < 1.29 is 0 Å². The molecule has 0 spiro atoms. The van der Waals surface area contributed by atoms with E-state index in [0.717, 1.165) is 16.3 Å². The number of H-pyrrole nitrogens is 1. The van der Waals surface area contributed by atoms with Gasteiger partial charge in [0.15, 0.2) is 0 Å². The number of nitrogens with zero attached hydrogens (tertiary/aromatic N) is 7. The molecule has 0 aliphatic rings. The lowest BCUT2D eigenvalue weighted by Gasteiger charge is -2.00. The summed E-state index contributed by atoms with van der Waals surface area (Å²) < 4.78 is 0. The van der Waals surface area contributed by atoms with Crippen LogP contribution in [0.5, 0.6) is 0 Å². The van der Waals surface area contributed by atoms with E-state index in [1.54, 1.807) is 12.4 Å². The van der Waals surface area contributed by atoms with Gasteiger partial charge in [0.05, 0.1) is 23.2 Å². The molecule has 3 heterocycles. The Morgan fingerprint density at radius 3 is 2.76 bits per heavy atom. The van der Waals surface area contributed by atoms with Gasteiger partial charge in [-0.25, -0.2) is 9.97 Å². The maximum absolute atomic E-state index is 4.20. The van der Waals surface area contributed by atoms with Crippen LogP contribution in [-0.4, -0.2) is 40.8 Å². The molecule has 0 unspecified atom stereocenters. The Labute approximate surface area is 93.1 Å². The molecule has 0 radical (unpaired) electrons. The monoisotopic (exact) mass is 224 g/mol. The van der Waals surface area contributed by atoms with Crippen molar-refractivity contribution in [3.05, 3.63) is 18.7 Å². The minimum Gasteiger partial charge on any atom is -0.234 e. The van der Waals surface area contributed by atoms with Gasteiger partial charge in [-0.2, -0.15) is 15.4 Å². The van der Waals surface area contributed by atoms with E-state index in [1.165, 1.54) is 6.33 Å². The van der Waals surface area contributed by atoms with E-state index >= 15 is 0 Å². The highest BCUT2D eigenvalue weighted by Gasteiger charge is 2.13. The Morgan fingerprint density at radius 1 is 0.882 bits per heavy atom. The van der Waals surface area contributed by atoms with Crippen molar-refractivity contribution in [3.63, 3.8) is 0 Å². The molecule has 0 atom stereocenters. The molecule has 1 aromatic carbocycles. The highest BCUT2D eigenvalue weighted by Crippen LogP contribution is 2.28. The summed E-state index contributed by atoms with van der Waals surface area (Å²) in [5.74, 6) is 0. The topological polar surface area (TPSA) is 106 Å². The first-order valence-electron chi connectivity index (χ1n) is 4.85. The molecule has 3 aromatic heterocycles. The van der Waals surface area contributed by atoms with Gasteiger partial charge >= 0.3 is 0 Å². The number of aromatic nitrogens is 8. The molecule has 0 saturated heterocycles. The largest absolute Gasteiger partial charge is 0.234 e. The van der Waals surface area contributed by atoms with Gasteiger partial charge in [-0.15, -0.1) is 10.2 Å². The van der Waals surface area contributed by atoms with Crippen LogP contribution in [0.1, 0.15) is 0 Å². The SMILES string of the molecule is c1nc2c3cn[nH]nc3c3cnnnc3c2n1. The molecule has 4 aromatic rings. The molecular formula is C9H4N8. The molecule has 1 N–H and O–H groups in total. The molecule has 8 heteroatoms. The van der Waals surface area contributed by atoms with Crippen LogP contribution >= 0.6 is 0 Å². The van der Waals surface area contributed by atoms with E-state index in [0.29, 0.717) is 16.6 Å². The Kier molecular flexibility index (Phi) is 1.42. The zero-order chi connectivity index (χ0) is 11.2. The fourth-order valence-corrected chi connectivity index (χ4v) is 1.93. The predicted molar refractivity (Wildman–Crippen MR) is 57.9 cm³/mol. The number of imidazole rings is 1. The van der Waals surface area contributed by atoms with E-state index in [9.17, 15) is 0 Å². The molecule has 0 amide bonds. The van der Waals surface area contributed by atoms with Crippen molar-refractivity contribution in [2.45, 2.75) is 0 Å². The first-order valence-corrected chi connectivity index (χ1v) is 4.85. The summed E-state index contributed by atoms with van der Waals surface area (Å²) in [5, 5.41) is 23.6. The van der Waals surface area contributed by atoms with Crippen LogP contribution in [-0.2, 0) is 0 Å². The van der Waals surface area contributed by atoms with Gasteiger partial charge in [0.25, 0.3) is 0 Å². The summed E-state index contributed by atoms with van der Waals surface area (Å²) in [7, 11) is 0. The Bertz CT molecular complexity index is 781. The summed E-state index contributed by atoms with van der Waals surface area (Å²) in [4.78, 5) is 8.39. The lowest BCUT2D eigenvalue weighted by molar-refractivity contribution is 0.887. The van der Waals surface area contributed by atoms with Crippen LogP contribution in [0.2, 0.25) is 0 Å². The summed E-state index contributed by atoms with van der Waals surface area (Å²) in [5.41, 5.74) is 2.77. The van der Waals surface area contributed by atoms with Gasteiger partial charge < -0.3 is 0 Å². The Hall–Kier alpha value is -2.77. The molecule has 17 heavy (non-hydrogen) atoms. The van der Waals surface area contributed by atoms with Crippen molar-refractivity contribution >= 4 is 32.8 Å². The normalized spacial score (nSPS) is 11.5. The number of fused-ring (bicyclic) bond motifs is 6. The van der Waals surface area contributed by atoms with Crippen molar-refractivity contribution in [2.24, 2.45) is 0 Å². The zero-order valence-corrected chi connectivity index (χ0v) is 8.36. The van der Waals surface area contributed by atoms with Crippen LogP contribution in [0.15, 0.2) is 18.7 Å². The third-order valence-electron chi connectivity index (χ3n) is 2.64. The number of nitrogens with one attached hydrogen (secondary N) is 1. The standard InChI is InChI=1S/C9H4N8/c1-4-6(14-16-12-1)5-2-13-17-15-8(5)9-7(4)10-3-11-9/h1-3,16H. The second kappa shape index (κ2) is 2.88. The van der Waals surface area contributed by atoms with Crippen molar-refractivity contribution in [1.82, 2.24) is 40.8 Å². The fraction of sp³-hybridized carbons (Fsp3) is 0. The van der Waals surface area contributed by atoms with Gasteiger partial charge in [0.2, 0.25) is 0 Å². The second-order valence-corrected chi connectivity index (χ2v) is 3.50. The quantitative estimate of drug-likeness (QED) is 0.426. The van der Waals surface area contributed by atoms with Crippen molar-refractivity contribution in [2.75, 3.05) is 0 Å². The average Bonchev–Trinajstić information content (AvgIpc) is 2.89. The van der Waals surface area contributed by atoms with Gasteiger partial charge in [-0.1, -0.05) is 0 Å². The zero-order valence-electron chi connectivity index (χ0n) is 8.36. The maximum atomic E-state index is 4.20. The van der Waals surface area contributed by atoms with E-state index < -0.39 is 0 Å². The first-order chi connectivity index (χ1) is 8.45. The average molecular weight is 224 g/mol. The third-order valence-corrected chi connectivity index (χ3v) is 2.64. The second-order valence-electron chi connectivity index (χ2n) is 3.50. The number of benzene rings is 1. The molecule has 0 bridgehead atoms. The number of hydrogen-bond donors (Lipinski definition) is 1. The Balaban J connectivity index is 2.48. The van der Waals surface area contributed by atoms with Crippen LogP contribution in [0, 0.1) is 0 Å². The van der Waals surface area contributed by atoms with Gasteiger partial charge in [-0.3, -0.25) is 0 Å². The lowest BCUT2D eigenvalue weighted by Crippen LogP contribution is -1.94. The van der Waals surface area contributed by atoms with Gasteiger partial charge in [0, 0.05) is 0 Å². The summed E-state index contributed by atoms with van der Waals surface area (Å²) >= 11 is 0. The number of hydrogen-bond acceptors (Lipinski definition) is 7. The molecule has 4 rings (SSSR count). The van der Waals surface area contributed by atoms with Crippen LogP contribution in [0.3, 0.4) is 0 Å². The van der Waals surface area contributed by atoms with E-state index in [-0.39, 0.29) is 0 Å². The van der Waals surface area contributed by atoms with E-state index in [4.69, 9.17) is 0 Å². The van der Waals surface area contributed by atoms with Crippen LogP contribution < -0.4 is 0 Å². The fourth-order valence-electron chi connectivity index (χ4n) is 1.93. The molecule has 0 aliphatic carbocycles.